The van der Waals surface area contributed by atoms with Gasteiger partial charge in [0.15, 0.2) is 0 Å². The molecule has 0 saturated heterocycles. The standard InChI is InChI=1S/C9H20O2/c1-7(2)9(11,5-6-10)8(3)4/h7-8,10-11H,5-6H2,1-4H3. The van der Waals surface area contributed by atoms with Crippen molar-refractivity contribution < 1.29 is 10.2 Å². The normalized spacial score (nSPS) is 13.1. The zero-order valence-corrected chi connectivity index (χ0v) is 7.96. The lowest BCUT2D eigenvalue weighted by atomic mass is 9.78. The van der Waals surface area contributed by atoms with Crippen LogP contribution in [0.4, 0.5) is 0 Å². The predicted octanol–water partition coefficient (Wildman–Crippen LogP) is 1.41. The minimum atomic E-state index is -0.700. The van der Waals surface area contributed by atoms with Crippen molar-refractivity contribution in [3.05, 3.63) is 0 Å². The molecular weight excluding hydrogens is 140 g/mol. The Hall–Kier alpha value is -0.0800. The molecule has 0 aromatic heterocycles. The summed E-state index contributed by atoms with van der Waals surface area (Å²) in [4.78, 5) is 0. The molecule has 0 aromatic rings. The zero-order chi connectivity index (χ0) is 9.07. The Morgan fingerprint density at radius 1 is 1.09 bits per heavy atom. The van der Waals surface area contributed by atoms with Crippen molar-refractivity contribution in [2.75, 3.05) is 6.61 Å². The SMILES string of the molecule is CC(C)C(O)(CCO)C(C)C. The second kappa shape index (κ2) is 4.07. The van der Waals surface area contributed by atoms with Crippen LogP contribution in [0.2, 0.25) is 0 Å². The first-order valence-electron chi connectivity index (χ1n) is 4.28. The first-order valence-corrected chi connectivity index (χ1v) is 4.28. The Labute approximate surface area is 69.2 Å². The van der Waals surface area contributed by atoms with Gasteiger partial charge in [-0.1, -0.05) is 27.7 Å². The minimum Gasteiger partial charge on any atom is -0.396 e. The second-order valence-corrected chi connectivity index (χ2v) is 3.77. The molecule has 2 N–H and O–H groups in total. The fourth-order valence-electron chi connectivity index (χ4n) is 1.42. The molecule has 0 saturated carbocycles. The van der Waals surface area contributed by atoms with E-state index < -0.39 is 5.60 Å². The van der Waals surface area contributed by atoms with Gasteiger partial charge in [0.2, 0.25) is 0 Å². The van der Waals surface area contributed by atoms with Crippen molar-refractivity contribution in [1.82, 2.24) is 0 Å². The maximum absolute atomic E-state index is 10.0. The highest BCUT2D eigenvalue weighted by Gasteiger charge is 2.33. The molecule has 0 amide bonds. The molecule has 68 valence electrons. The fraction of sp³-hybridized carbons (Fsp3) is 1.00. The van der Waals surface area contributed by atoms with Crippen LogP contribution in [0.1, 0.15) is 34.1 Å². The van der Waals surface area contributed by atoms with Gasteiger partial charge in [0.25, 0.3) is 0 Å². The molecule has 2 heteroatoms. The second-order valence-electron chi connectivity index (χ2n) is 3.77. The largest absolute Gasteiger partial charge is 0.396 e. The lowest BCUT2D eigenvalue weighted by Crippen LogP contribution is -2.41. The Bertz CT molecular complexity index is 100. The molecule has 0 spiro atoms. The molecule has 0 unspecified atom stereocenters. The van der Waals surface area contributed by atoms with E-state index in [0.29, 0.717) is 6.42 Å². The Kier molecular flexibility index (Phi) is 4.04. The molecule has 0 bridgehead atoms. The van der Waals surface area contributed by atoms with Crippen molar-refractivity contribution >= 4 is 0 Å². The summed E-state index contributed by atoms with van der Waals surface area (Å²) in [5, 5.41) is 18.7. The van der Waals surface area contributed by atoms with E-state index >= 15 is 0 Å². The smallest absolute Gasteiger partial charge is 0.0715 e. The van der Waals surface area contributed by atoms with Gasteiger partial charge in [-0.05, 0) is 18.3 Å². The van der Waals surface area contributed by atoms with Gasteiger partial charge in [-0.3, -0.25) is 0 Å². The maximum Gasteiger partial charge on any atom is 0.0715 e. The molecule has 0 aromatic carbocycles. The molecule has 0 heterocycles. The topological polar surface area (TPSA) is 40.5 Å². The summed E-state index contributed by atoms with van der Waals surface area (Å²) in [5.74, 6) is 0.407. The van der Waals surface area contributed by atoms with E-state index in [0.717, 1.165) is 0 Å². The molecule has 0 atom stereocenters. The summed E-state index contributed by atoms with van der Waals surface area (Å²) in [6.45, 7) is 7.99. The zero-order valence-electron chi connectivity index (χ0n) is 7.96. The van der Waals surface area contributed by atoms with Crippen molar-refractivity contribution in [3.63, 3.8) is 0 Å². The van der Waals surface area contributed by atoms with Gasteiger partial charge in [-0.25, -0.2) is 0 Å². The highest BCUT2D eigenvalue weighted by molar-refractivity contribution is 4.84. The van der Waals surface area contributed by atoms with Crippen LogP contribution in [-0.2, 0) is 0 Å². The summed E-state index contributed by atoms with van der Waals surface area (Å²) in [5.41, 5.74) is -0.700. The first kappa shape index (κ1) is 10.9. The average molecular weight is 160 g/mol. The van der Waals surface area contributed by atoms with Crippen LogP contribution >= 0.6 is 0 Å². The fourth-order valence-corrected chi connectivity index (χ4v) is 1.42. The third-order valence-electron chi connectivity index (χ3n) is 2.51. The number of rotatable bonds is 4. The lowest BCUT2D eigenvalue weighted by molar-refractivity contribution is -0.0633. The molecule has 0 aliphatic rings. The van der Waals surface area contributed by atoms with Gasteiger partial charge in [-0.2, -0.15) is 0 Å². The summed E-state index contributed by atoms with van der Waals surface area (Å²) in [6, 6.07) is 0. The van der Waals surface area contributed by atoms with Crippen molar-refractivity contribution in [3.8, 4) is 0 Å². The molecule has 0 rings (SSSR count). The number of hydrogen-bond donors (Lipinski definition) is 2. The average Bonchev–Trinajstić information content (AvgIpc) is 1.87. The third kappa shape index (κ3) is 2.46. The highest BCUT2D eigenvalue weighted by Crippen LogP contribution is 2.28. The lowest BCUT2D eigenvalue weighted by Gasteiger charge is -2.35. The van der Waals surface area contributed by atoms with Gasteiger partial charge >= 0.3 is 0 Å². The van der Waals surface area contributed by atoms with E-state index in [1.54, 1.807) is 0 Å². The van der Waals surface area contributed by atoms with Crippen molar-refractivity contribution in [1.29, 1.82) is 0 Å². The van der Waals surface area contributed by atoms with Gasteiger partial charge < -0.3 is 10.2 Å². The number of aliphatic hydroxyl groups excluding tert-OH is 1. The predicted molar refractivity (Wildman–Crippen MR) is 46.3 cm³/mol. The molecular formula is C9H20O2. The van der Waals surface area contributed by atoms with Crippen LogP contribution in [0.5, 0.6) is 0 Å². The summed E-state index contributed by atoms with van der Waals surface area (Å²) in [6.07, 6.45) is 0.475. The Morgan fingerprint density at radius 3 is 1.55 bits per heavy atom. The van der Waals surface area contributed by atoms with Crippen molar-refractivity contribution in [2.24, 2.45) is 11.8 Å². The summed E-state index contributed by atoms with van der Waals surface area (Å²) >= 11 is 0. The van der Waals surface area contributed by atoms with Gasteiger partial charge in [-0.15, -0.1) is 0 Å². The first-order chi connectivity index (χ1) is 4.95. The monoisotopic (exact) mass is 160 g/mol. The van der Waals surface area contributed by atoms with E-state index in [1.807, 2.05) is 27.7 Å². The van der Waals surface area contributed by atoms with E-state index in [1.165, 1.54) is 0 Å². The van der Waals surface area contributed by atoms with Crippen LogP contribution in [0.25, 0.3) is 0 Å². The molecule has 0 aliphatic heterocycles. The Morgan fingerprint density at radius 2 is 1.45 bits per heavy atom. The van der Waals surface area contributed by atoms with Crippen LogP contribution in [0.3, 0.4) is 0 Å². The maximum atomic E-state index is 10.0. The van der Waals surface area contributed by atoms with Crippen molar-refractivity contribution in [2.45, 2.75) is 39.7 Å². The summed E-state index contributed by atoms with van der Waals surface area (Å²) < 4.78 is 0. The van der Waals surface area contributed by atoms with E-state index in [-0.39, 0.29) is 18.4 Å². The molecule has 0 aliphatic carbocycles. The van der Waals surface area contributed by atoms with Gasteiger partial charge in [0.05, 0.1) is 5.60 Å². The van der Waals surface area contributed by atoms with Crippen LogP contribution in [0, 0.1) is 11.8 Å². The highest BCUT2D eigenvalue weighted by atomic mass is 16.3. The quantitative estimate of drug-likeness (QED) is 0.653. The van der Waals surface area contributed by atoms with E-state index in [9.17, 15) is 5.11 Å². The van der Waals surface area contributed by atoms with E-state index in [2.05, 4.69) is 0 Å². The molecule has 0 radical (unpaired) electrons. The molecule has 11 heavy (non-hydrogen) atoms. The Balaban J connectivity index is 4.26. The van der Waals surface area contributed by atoms with Crippen LogP contribution in [0.15, 0.2) is 0 Å². The van der Waals surface area contributed by atoms with E-state index in [4.69, 9.17) is 5.11 Å². The molecule has 0 fully saturated rings. The third-order valence-corrected chi connectivity index (χ3v) is 2.51. The number of hydrogen-bond acceptors (Lipinski definition) is 2. The van der Waals surface area contributed by atoms with Crippen LogP contribution < -0.4 is 0 Å². The number of aliphatic hydroxyl groups is 2. The van der Waals surface area contributed by atoms with Gasteiger partial charge in [0.1, 0.15) is 0 Å². The van der Waals surface area contributed by atoms with Crippen LogP contribution in [-0.4, -0.2) is 22.4 Å². The summed E-state index contributed by atoms with van der Waals surface area (Å²) in [7, 11) is 0. The molecule has 2 nitrogen and oxygen atoms in total. The minimum absolute atomic E-state index is 0.0624. The van der Waals surface area contributed by atoms with Gasteiger partial charge in [0, 0.05) is 6.61 Å².